The van der Waals surface area contributed by atoms with Gasteiger partial charge >= 0.3 is 0 Å². The summed E-state index contributed by atoms with van der Waals surface area (Å²) in [6.07, 6.45) is 1.70. The van der Waals surface area contributed by atoms with Crippen LogP contribution in [0.4, 0.5) is 5.95 Å². The van der Waals surface area contributed by atoms with Crippen molar-refractivity contribution in [1.82, 2.24) is 14.9 Å². The molecule has 0 atom stereocenters. The molecule has 20 heavy (non-hydrogen) atoms. The van der Waals surface area contributed by atoms with E-state index in [9.17, 15) is 4.79 Å². The molecular formula is C15H16N4O. The van der Waals surface area contributed by atoms with Crippen molar-refractivity contribution in [2.45, 2.75) is 26.9 Å². The molecule has 0 saturated heterocycles. The molecule has 102 valence electrons. The van der Waals surface area contributed by atoms with E-state index in [1.807, 2.05) is 32.0 Å². The number of carbonyl (C=O) groups excluding carboxylic acids is 1. The first-order valence-corrected chi connectivity index (χ1v) is 6.51. The van der Waals surface area contributed by atoms with Crippen molar-refractivity contribution < 1.29 is 4.79 Å². The molecule has 2 heterocycles. The summed E-state index contributed by atoms with van der Waals surface area (Å²) in [5, 5.41) is 0. The number of aryl methyl sites for hydroxylation is 2. The van der Waals surface area contributed by atoms with Gasteiger partial charge in [0.25, 0.3) is 5.91 Å². The Labute approximate surface area is 117 Å². The highest BCUT2D eigenvalue weighted by molar-refractivity contribution is 5.96. The number of rotatable bonds is 1. The number of carbonyl (C=O) groups is 1. The van der Waals surface area contributed by atoms with Crippen LogP contribution in [0.25, 0.3) is 0 Å². The maximum Gasteiger partial charge on any atom is 0.254 e. The second-order valence-electron chi connectivity index (χ2n) is 5.18. The van der Waals surface area contributed by atoms with Gasteiger partial charge in [0.15, 0.2) is 0 Å². The van der Waals surface area contributed by atoms with Crippen molar-refractivity contribution in [1.29, 1.82) is 0 Å². The highest BCUT2D eigenvalue weighted by Gasteiger charge is 2.26. The molecule has 5 heteroatoms. The van der Waals surface area contributed by atoms with Gasteiger partial charge in [-0.15, -0.1) is 0 Å². The van der Waals surface area contributed by atoms with Crippen molar-refractivity contribution in [3.63, 3.8) is 0 Å². The van der Waals surface area contributed by atoms with Crippen LogP contribution in [-0.2, 0) is 13.1 Å². The maximum absolute atomic E-state index is 12.6. The number of nitrogens with zero attached hydrogens (tertiary/aromatic N) is 3. The highest BCUT2D eigenvalue weighted by Crippen LogP contribution is 2.23. The van der Waals surface area contributed by atoms with Crippen molar-refractivity contribution >= 4 is 11.9 Å². The van der Waals surface area contributed by atoms with Crippen LogP contribution in [0, 0.1) is 13.8 Å². The zero-order valence-electron chi connectivity index (χ0n) is 11.6. The van der Waals surface area contributed by atoms with Crippen LogP contribution in [0.3, 0.4) is 0 Å². The largest absolute Gasteiger partial charge is 0.368 e. The normalized spacial score (nSPS) is 13.4. The summed E-state index contributed by atoms with van der Waals surface area (Å²) < 4.78 is 0. The number of hydrogen-bond donors (Lipinski definition) is 1. The third-order valence-electron chi connectivity index (χ3n) is 3.57. The van der Waals surface area contributed by atoms with Crippen molar-refractivity contribution in [3.05, 3.63) is 52.3 Å². The predicted octanol–water partition coefficient (Wildman–Crippen LogP) is 1.83. The SMILES string of the molecule is Cc1ccc(C(=O)N2Cc3cnc(N)nc3C2)c(C)c1. The van der Waals surface area contributed by atoms with Crippen LogP contribution in [0.2, 0.25) is 0 Å². The van der Waals surface area contributed by atoms with Gasteiger partial charge in [-0.25, -0.2) is 9.97 Å². The van der Waals surface area contributed by atoms with Crippen LogP contribution in [0.1, 0.15) is 32.7 Å². The average molecular weight is 268 g/mol. The van der Waals surface area contributed by atoms with E-state index in [0.29, 0.717) is 13.1 Å². The Morgan fingerprint density at radius 1 is 1.30 bits per heavy atom. The quantitative estimate of drug-likeness (QED) is 0.856. The third kappa shape index (κ3) is 2.11. The standard InChI is InChI=1S/C15H16N4O/c1-9-3-4-12(10(2)5-9)14(20)19-7-11-6-17-15(16)18-13(11)8-19/h3-6H,7-8H2,1-2H3,(H2,16,17,18). The second kappa shape index (κ2) is 4.59. The molecule has 1 aliphatic rings. The minimum atomic E-state index is 0.0269. The lowest BCUT2D eigenvalue weighted by Crippen LogP contribution is -2.26. The number of nitrogens with two attached hydrogens (primary N) is 1. The van der Waals surface area contributed by atoms with Crippen molar-refractivity contribution in [2.24, 2.45) is 0 Å². The van der Waals surface area contributed by atoms with E-state index in [4.69, 9.17) is 5.73 Å². The fourth-order valence-corrected chi connectivity index (χ4v) is 2.54. The van der Waals surface area contributed by atoms with E-state index in [1.54, 1.807) is 11.1 Å². The molecule has 0 spiro atoms. The molecule has 1 aromatic heterocycles. The number of anilines is 1. The van der Waals surface area contributed by atoms with Gasteiger partial charge in [-0.3, -0.25) is 4.79 Å². The number of hydrogen-bond acceptors (Lipinski definition) is 4. The molecule has 3 rings (SSSR count). The van der Waals surface area contributed by atoms with E-state index in [1.165, 1.54) is 0 Å². The predicted molar refractivity (Wildman–Crippen MR) is 75.9 cm³/mol. The van der Waals surface area contributed by atoms with Gasteiger partial charge in [0.2, 0.25) is 5.95 Å². The van der Waals surface area contributed by atoms with Gasteiger partial charge in [0.1, 0.15) is 0 Å². The Bertz CT molecular complexity index is 696. The first-order chi connectivity index (χ1) is 9.54. The Kier molecular flexibility index (Phi) is 2.89. The molecule has 0 radical (unpaired) electrons. The lowest BCUT2D eigenvalue weighted by Gasteiger charge is -2.16. The molecule has 0 unspecified atom stereocenters. The Morgan fingerprint density at radius 3 is 2.85 bits per heavy atom. The number of aromatic nitrogens is 2. The minimum absolute atomic E-state index is 0.0269. The number of fused-ring (bicyclic) bond motifs is 1. The molecule has 0 saturated carbocycles. The van der Waals surface area contributed by atoms with Crippen molar-refractivity contribution in [2.75, 3.05) is 5.73 Å². The van der Waals surface area contributed by atoms with E-state index in [-0.39, 0.29) is 11.9 Å². The number of amides is 1. The van der Waals surface area contributed by atoms with Gasteiger partial charge in [-0.2, -0.15) is 0 Å². The first-order valence-electron chi connectivity index (χ1n) is 6.51. The van der Waals surface area contributed by atoms with Gasteiger partial charge < -0.3 is 10.6 Å². The van der Waals surface area contributed by atoms with Crippen LogP contribution in [-0.4, -0.2) is 20.8 Å². The summed E-state index contributed by atoms with van der Waals surface area (Å²) in [5.41, 5.74) is 10.3. The van der Waals surface area contributed by atoms with Crippen molar-refractivity contribution in [3.8, 4) is 0 Å². The lowest BCUT2D eigenvalue weighted by molar-refractivity contribution is 0.0749. The molecule has 0 fully saturated rings. The molecule has 2 aromatic rings. The summed E-state index contributed by atoms with van der Waals surface area (Å²) in [5.74, 6) is 0.281. The molecule has 2 N–H and O–H groups in total. The summed E-state index contributed by atoms with van der Waals surface area (Å²) >= 11 is 0. The first kappa shape index (κ1) is 12.6. The second-order valence-corrected chi connectivity index (χ2v) is 5.18. The molecule has 0 aliphatic carbocycles. The van der Waals surface area contributed by atoms with E-state index < -0.39 is 0 Å². The van der Waals surface area contributed by atoms with E-state index >= 15 is 0 Å². The topological polar surface area (TPSA) is 72.1 Å². The summed E-state index contributed by atoms with van der Waals surface area (Å²) in [7, 11) is 0. The maximum atomic E-state index is 12.6. The van der Waals surface area contributed by atoms with Gasteiger partial charge in [0, 0.05) is 23.9 Å². The highest BCUT2D eigenvalue weighted by atomic mass is 16.2. The lowest BCUT2D eigenvalue weighted by atomic mass is 10.0. The fourth-order valence-electron chi connectivity index (χ4n) is 2.54. The molecule has 1 amide bonds. The molecule has 1 aliphatic heterocycles. The monoisotopic (exact) mass is 268 g/mol. The zero-order chi connectivity index (χ0) is 14.3. The zero-order valence-corrected chi connectivity index (χ0v) is 11.6. The smallest absolute Gasteiger partial charge is 0.254 e. The van der Waals surface area contributed by atoms with E-state index in [0.717, 1.165) is 27.9 Å². The van der Waals surface area contributed by atoms with Gasteiger partial charge in [-0.05, 0) is 25.5 Å². The number of benzene rings is 1. The van der Waals surface area contributed by atoms with Crippen LogP contribution in [0.5, 0.6) is 0 Å². The van der Waals surface area contributed by atoms with Gasteiger partial charge in [0.05, 0.1) is 12.2 Å². The van der Waals surface area contributed by atoms with Crippen LogP contribution in [0.15, 0.2) is 24.4 Å². The van der Waals surface area contributed by atoms with Crippen LogP contribution >= 0.6 is 0 Å². The Hall–Kier alpha value is -2.43. The molecular weight excluding hydrogens is 252 g/mol. The minimum Gasteiger partial charge on any atom is -0.368 e. The van der Waals surface area contributed by atoms with Gasteiger partial charge in [-0.1, -0.05) is 17.7 Å². The van der Waals surface area contributed by atoms with Crippen LogP contribution < -0.4 is 5.73 Å². The summed E-state index contributed by atoms with van der Waals surface area (Å²) in [4.78, 5) is 22.5. The molecule has 1 aromatic carbocycles. The molecule has 5 nitrogen and oxygen atoms in total. The average Bonchev–Trinajstić information content (AvgIpc) is 2.81. The Balaban J connectivity index is 1.87. The van der Waals surface area contributed by atoms with E-state index in [2.05, 4.69) is 9.97 Å². The Morgan fingerprint density at radius 2 is 2.10 bits per heavy atom. The molecule has 0 bridgehead atoms. The number of nitrogen functional groups attached to an aromatic ring is 1. The summed E-state index contributed by atoms with van der Waals surface area (Å²) in [6, 6.07) is 5.87. The third-order valence-corrected chi connectivity index (χ3v) is 3.57. The summed E-state index contributed by atoms with van der Waals surface area (Å²) in [6.45, 7) is 5.02. The fraction of sp³-hybridized carbons (Fsp3) is 0.267.